The van der Waals surface area contributed by atoms with Crippen LogP contribution in [0.1, 0.15) is 52.7 Å². The van der Waals surface area contributed by atoms with E-state index in [-0.39, 0.29) is 17.8 Å². The van der Waals surface area contributed by atoms with E-state index < -0.39 is 5.60 Å². The lowest BCUT2D eigenvalue weighted by Gasteiger charge is -2.36. The van der Waals surface area contributed by atoms with Gasteiger partial charge in [0.05, 0.1) is 0 Å². The number of aryl methyl sites for hydroxylation is 2. The number of nitrogens with zero attached hydrogens (tertiary/aromatic N) is 5. The Morgan fingerprint density at radius 2 is 1.22 bits per heavy atom. The van der Waals surface area contributed by atoms with Crippen molar-refractivity contribution in [2.75, 3.05) is 57.3 Å². The summed E-state index contributed by atoms with van der Waals surface area (Å²) >= 11 is 5.60. The average Bonchev–Trinajstić information content (AvgIpc) is 2.90. The third kappa shape index (κ3) is 12.9. The van der Waals surface area contributed by atoms with Gasteiger partial charge in [-0.1, -0.05) is 23.7 Å². The Morgan fingerprint density at radius 1 is 0.756 bits per heavy atom. The molecule has 2 aliphatic rings. The van der Waals surface area contributed by atoms with Crippen LogP contribution in [-0.4, -0.2) is 95.5 Å². The van der Waals surface area contributed by atoms with Crippen LogP contribution in [-0.2, 0) is 9.47 Å². The summed E-state index contributed by atoms with van der Waals surface area (Å²) in [6.07, 6.45) is 3.06. The zero-order chi connectivity index (χ0) is 30.6. The van der Waals surface area contributed by atoms with Gasteiger partial charge in [-0.2, -0.15) is 0 Å². The Kier molecular flexibility index (Phi) is 13.1. The van der Waals surface area contributed by atoms with Crippen molar-refractivity contribution in [3.05, 3.63) is 52.9 Å². The lowest BCUT2D eigenvalue weighted by atomic mass is 10.2. The summed E-state index contributed by atoms with van der Waals surface area (Å²) < 4.78 is 10.6. The zero-order valence-electron chi connectivity index (χ0n) is 25.9. The second kappa shape index (κ2) is 15.8. The normalized spacial score (nSPS) is 15.6. The first-order chi connectivity index (χ1) is 19.2. The van der Waals surface area contributed by atoms with Crippen LogP contribution in [0.25, 0.3) is 0 Å². The van der Waals surface area contributed by atoms with Gasteiger partial charge in [-0.15, -0.1) is 0 Å². The number of carbonyl (C=O) groups excluding carboxylic acids is 2. The van der Waals surface area contributed by atoms with E-state index in [0.717, 1.165) is 50.6 Å². The number of nitrogens with one attached hydrogen (secondary N) is 1. The Morgan fingerprint density at radius 3 is 1.63 bits per heavy atom. The quantitative estimate of drug-likeness (QED) is 0.446. The number of aromatic nitrogens is 2. The molecule has 0 unspecified atom stereocenters. The minimum atomic E-state index is -0.439. The number of anilines is 1. The van der Waals surface area contributed by atoms with Gasteiger partial charge in [0.25, 0.3) is 0 Å². The van der Waals surface area contributed by atoms with Gasteiger partial charge in [0.15, 0.2) is 0 Å². The van der Waals surface area contributed by atoms with Crippen LogP contribution in [0.15, 0.2) is 36.7 Å². The van der Waals surface area contributed by atoms with Crippen molar-refractivity contribution in [3.63, 3.8) is 0 Å². The summed E-state index contributed by atoms with van der Waals surface area (Å²) in [5, 5.41) is 3.77. The van der Waals surface area contributed by atoms with E-state index in [1.807, 2.05) is 72.9 Å². The summed E-state index contributed by atoms with van der Waals surface area (Å²) in [6, 6.07) is 7.79. The number of piperazine rings is 2. The van der Waals surface area contributed by atoms with Crippen molar-refractivity contribution in [1.29, 1.82) is 0 Å². The molecule has 4 heterocycles. The summed E-state index contributed by atoms with van der Waals surface area (Å²) in [6.45, 7) is 21.4. The first-order valence-electron chi connectivity index (χ1n) is 14.1. The van der Waals surface area contributed by atoms with E-state index in [2.05, 4.69) is 33.2 Å². The molecule has 0 atom stereocenters. The van der Waals surface area contributed by atoms with Gasteiger partial charge >= 0.3 is 12.2 Å². The molecule has 41 heavy (non-hydrogen) atoms. The highest BCUT2D eigenvalue weighted by molar-refractivity contribution is 6.30. The molecule has 4 rings (SSSR count). The minimum Gasteiger partial charge on any atom is -0.444 e. The Balaban J connectivity index is 0.000000239. The second-order valence-electron chi connectivity index (χ2n) is 11.9. The Bertz CT molecular complexity index is 1080. The summed E-state index contributed by atoms with van der Waals surface area (Å²) in [4.78, 5) is 37.5. The van der Waals surface area contributed by atoms with E-state index in [0.29, 0.717) is 18.2 Å². The molecule has 2 aliphatic heterocycles. The number of pyridine rings is 2. The highest BCUT2D eigenvalue weighted by Crippen LogP contribution is 2.19. The van der Waals surface area contributed by atoms with Crippen molar-refractivity contribution >= 4 is 29.6 Å². The van der Waals surface area contributed by atoms with Crippen LogP contribution < -0.4 is 10.2 Å². The van der Waals surface area contributed by atoms with Crippen LogP contribution >= 0.6 is 11.6 Å². The van der Waals surface area contributed by atoms with Gasteiger partial charge < -0.3 is 29.5 Å². The fourth-order valence-corrected chi connectivity index (χ4v) is 4.00. The minimum absolute atomic E-state index is 0.200. The molecule has 0 aromatic carbocycles. The van der Waals surface area contributed by atoms with Gasteiger partial charge in [0.1, 0.15) is 22.2 Å². The van der Waals surface area contributed by atoms with Gasteiger partial charge in [-0.3, -0.25) is 0 Å². The van der Waals surface area contributed by atoms with Gasteiger partial charge in [-0.05, 0) is 78.6 Å². The predicted molar refractivity (Wildman–Crippen MR) is 164 cm³/mol. The number of rotatable bonds is 1. The highest BCUT2D eigenvalue weighted by Gasteiger charge is 2.26. The van der Waals surface area contributed by atoms with Crippen molar-refractivity contribution in [1.82, 2.24) is 25.1 Å². The molecule has 0 radical (unpaired) electrons. The lowest BCUT2D eigenvalue weighted by Crippen LogP contribution is -2.50. The number of halogens is 1. The molecule has 0 bridgehead atoms. The van der Waals surface area contributed by atoms with E-state index in [1.165, 1.54) is 5.56 Å². The van der Waals surface area contributed by atoms with Crippen molar-refractivity contribution in [2.24, 2.45) is 0 Å². The fourth-order valence-electron chi connectivity index (χ4n) is 3.88. The largest absolute Gasteiger partial charge is 0.444 e. The maximum Gasteiger partial charge on any atom is 0.410 e. The van der Waals surface area contributed by atoms with Crippen LogP contribution in [0.4, 0.5) is 15.4 Å². The average molecular weight is 591 g/mol. The van der Waals surface area contributed by atoms with Gasteiger partial charge in [0, 0.05) is 64.8 Å². The molecule has 0 saturated carbocycles. The standard InChI is InChI=1S/C15H23N3O2.C9H18N2O2.C6H6ClN/c1-12-6-5-7-16-13(12)17-8-10-18(11-9-17)14(19)20-15(2,3)4;1-9(2,3)13-8(12)11-6-4-10-5-7-11;1-5-3-2-4-8-6(5)7/h5-7H,8-11H2,1-4H3;10H,4-7H2,1-3H3;2-4H,1H3. The summed E-state index contributed by atoms with van der Waals surface area (Å²) in [5.74, 6) is 1.01. The molecule has 1 N–H and O–H groups in total. The monoisotopic (exact) mass is 590 g/mol. The smallest absolute Gasteiger partial charge is 0.410 e. The van der Waals surface area contributed by atoms with Crippen LogP contribution in [0.3, 0.4) is 0 Å². The number of ether oxygens (including phenoxy) is 2. The molecule has 10 nitrogen and oxygen atoms in total. The Hall–Kier alpha value is -3.11. The molecule has 2 aromatic rings. The van der Waals surface area contributed by atoms with Crippen LogP contribution in [0, 0.1) is 13.8 Å². The van der Waals surface area contributed by atoms with E-state index in [4.69, 9.17) is 21.1 Å². The highest BCUT2D eigenvalue weighted by atomic mass is 35.5. The lowest BCUT2D eigenvalue weighted by molar-refractivity contribution is 0.0223. The SMILES string of the molecule is CC(C)(C)OC(=O)N1CCNCC1.Cc1cccnc1Cl.Cc1cccnc1N1CCN(C(=O)OC(C)(C)C)CC1. The number of amides is 2. The van der Waals surface area contributed by atoms with E-state index in [9.17, 15) is 9.59 Å². The third-order valence-corrected chi connectivity index (χ3v) is 6.32. The van der Waals surface area contributed by atoms with Crippen molar-refractivity contribution < 1.29 is 19.1 Å². The summed E-state index contributed by atoms with van der Waals surface area (Å²) in [7, 11) is 0. The molecule has 2 amide bonds. The molecular formula is C30H47ClN6O4. The fraction of sp³-hybridized carbons (Fsp3) is 0.600. The van der Waals surface area contributed by atoms with Crippen LogP contribution in [0.2, 0.25) is 5.15 Å². The second-order valence-corrected chi connectivity index (χ2v) is 12.3. The van der Waals surface area contributed by atoms with E-state index >= 15 is 0 Å². The summed E-state index contributed by atoms with van der Waals surface area (Å²) in [5.41, 5.74) is 1.36. The van der Waals surface area contributed by atoms with Crippen LogP contribution in [0.5, 0.6) is 0 Å². The molecular weight excluding hydrogens is 544 g/mol. The molecule has 2 fully saturated rings. The first-order valence-corrected chi connectivity index (χ1v) is 14.4. The molecule has 228 valence electrons. The molecule has 2 aromatic heterocycles. The Labute approximate surface area is 250 Å². The predicted octanol–water partition coefficient (Wildman–Crippen LogP) is 5.32. The maximum absolute atomic E-state index is 12.0. The number of hydrogen-bond acceptors (Lipinski definition) is 8. The van der Waals surface area contributed by atoms with Gasteiger partial charge in [0.2, 0.25) is 0 Å². The number of hydrogen-bond donors (Lipinski definition) is 1. The zero-order valence-corrected chi connectivity index (χ0v) is 26.6. The first kappa shape index (κ1) is 34.1. The van der Waals surface area contributed by atoms with Gasteiger partial charge in [-0.25, -0.2) is 19.6 Å². The third-order valence-electron chi connectivity index (χ3n) is 5.93. The maximum atomic E-state index is 12.0. The molecule has 0 aliphatic carbocycles. The molecule has 11 heteroatoms. The van der Waals surface area contributed by atoms with Crippen molar-refractivity contribution in [3.8, 4) is 0 Å². The molecule has 0 spiro atoms. The topological polar surface area (TPSA) is 100 Å². The van der Waals surface area contributed by atoms with Crippen molar-refractivity contribution in [2.45, 2.75) is 66.6 Å². The van der Waals surface area contributed by atoms with E-state index in [1.54, 1.807) is 16.0 Å². The number of carbonyl (C=O) groups is 2. The molecule has 2 saturated heterocycles.